The summed E-state index contributed by atoms with van der Waals surface area (Å²) in [5, 5.41) is 4.62. The second kappa shape index (κ2) is 10.4. The molecule has 1 amide bonds. The fourth-order valence-corrected chi connectivity index (χ4v) is 2.26. The third-order valence-corrected chi connectivity index (χ3v) is 3.65. The normalized spacial score (nSPS) is 10.5. The van der Waals surface area contributed by atoms with Crippen molar-refractivity contribution in [3.05, 3.63) is 58.1 Å². The van der Waals surface area contributed by atoms with E-state index in [1.165, 1.54) is 19.4 Å². The SMILES string of the molecule is COC(=O)COc1ccc(/C=N\NC(=O)COc2ccc(Cl)cc2Cl)cc1. The number of ether oxygens (including phenoxy) is 3. The molecule has 0 aromatic heterocycles. The number of methoxy groups -OCH3 is 1. The Morgan fingerprint density at radius 3 is 2.48 bits per heavy atom. The van der Waals surface area contributed by atoms with E-state index in [2.05, 4.69) is 15.3 Å². The van der Waals surface area contributed by atoms with Crippen LogP contribution in [0.15, 0.2) is 47.6 Å². The molecule has 0 atom stereocenters. The zero-order valence-corrected chi connectivity index (χ0v) is 15.8. The van der Waals surface area contributed by atoms with Crippen LogP contribution < -0.4 is 14.9 Å². The van der Waals surface area contributed by atoms with E-state index in [1.807, 2.05) is 0 Å². The number of amides is 1. The number of nitrogens with one attached hydrogen (secondary N) is 1. The molecular formula is C18H16Cl2N2O5. The number of hydrogen-bond donors (Lipinski definition) is 1. The average molecular weight is 411 g/mol. The van der Waals surface area contributed by atoms with E-state index >= 15 is 0 Å². The highest BCUT2D eigenvalue weighted by Crippen LogP contribution is 2.27. The standard InChI is InChI=1S/C18H16Cl2N2O5/c1-25-18(24)11-26-14-5-2-12(3-6-14)9-21-22-17(23)10-27-16-7-4-13(19)8-15(16)20/h2-9H,10-11H2,1H3,(H,22,23)/b21-9-. The van der Waals surface area contributed by atoms with Crippen LogP contribution in [0.4, 0.5) is 0 Å². The minimum Gasteiger partial charge on any atom is -0.482 e. The van der Waals surface area contributed by atoms with E-state index in [9.17, 15) is 9.59 Å². The Balaban J connectivity index is 1.77. The van der Waals surface area contributed by atoms with Gasteiger partial charge in [0.15, 0.2) is 13.2 Å². The predicted molar refractivity (Wildman–Crippen MR) is 102 cm³/mol. The molecule has 0 saturated heterocycles. The third kappa shape index (κ3) is 7.16. The van der Waals surface area contributed by atoms with Gasteiger partial charge in [0.1, 0.15) is 11.5 Å². The molecule has 0 aliphatic heterocycles. The number of nitrogens with zero attached hydrogens (tertiary/aromatic N) is 1. The second-order valence-electron chi connectivity index (χ2n) is 5.09. The number of carbonyl (C=O) groups excluding carboxylic acids is 2. The van der Waals surface area contributed by atoms with Crippen molar-refractivity contribution in [1.29, 1.82) is 0 Å². The van der Waals surface area contributed by atoms with Crippen LogP contribution in [-0.4, -0.2) is 38.4 Å². The molecule has 0 aliphatic rings. The van der Waals surface area contributed by atoms with E-state index in [-0.39, 0.29) is 13.2 Å². The van der Waals surface area contributed by atoms with Gasteiger partial charge in [0, 0.05) is 5.02 Å². The summed E-state index contributed by atoms with van der Waals surface area (Å²) < 4.78 is 15.0. The van der Waals surface area contributed by atoms with Gasteiger partial charge in [-0.3, -0.25) is 4.79 Å². The number of benzene rings is 2. The van der Waals surface area contributed by atoms with Crippen LogP contribution in [-0.2, 0) is 14.3 Å². The van der Waals surface area contributed by atoms with Gasteiger partial charge in [-0.05, 0) is 48.0 Å². The molecule has 27 heavy (non-hydrogen) atoms. The Morgan fingerprint density at radius 1 is 1.07 bits per heavy atom. The van der Waals surface area contributed by atoms with Crippen LogP contribution >= 0.6 is 23.2 Å². The van der Waals surface area contributed by atoms with E-state index < -0.39 is 11.9 Å². The van der Waals surface area contributed by atoms with Gasteiger partial charge in [0.25, 0.3) is 5.91 Å². The molecule has 0 heterocycles. The van der Waals surface area contributed by atoms with E-state index in [0.29, 0.717) is 21.5 Å². The molecular weight excluding hydrogens is 395 g/mol. The van der Waals surface area contributed by atoms with Gasteiger partial charge in [-0.25, -0.2) is 10.2 Å². The number of halogens is 2. The summed E-state index contributed by atoms with van der Waals surface area (Å²) >= 11 is 11.7. The van der Waals surface area contributed by atoms with Gasteiger partial charge in [-0.1, -0.05) is 23.2 Å². The second-order valence-corrected chi connectivity index (χ2v) is 5.93. The number of hydrogen-bond acceptors (Lipinski definition) is 6. The first-order valence-corrected chi connectivity index (χ1v) is 8.43. The Labute approximate surface area is 165 Å². The van der Waals surface area contributed by atoms with Crippen molar-refractivity contribution in [2.45, 2.75) is 0 Å². The summed E-state index contributed by atoms with van der Waals surface area (Å²) in [6.07, 6.45) is 1.46. The van der Waals surface area contributed by atoms with Gasteiger partial charge in [0.2, 0.25) is 0 Å². The molecule has 0 bridgehead atoms. The molecule has 142 valence electrons. The maximum absolute atomic E-state index is 11.7. The molecule has 0 spiro atoms. The molecule has 0 radical (unpaired) electrons. The summed E-state index contributed by atoms with van der Waals surface area (Å²) in [5.41, 5.74) is 3.06. The lowest BCUT2D eigenvalue weighted by atomic mass is 10.2. The Kier molecular flexibility index (Phi) is 7.91. The van der Waals surface area contributed by atoms with Crippen LogP contribution in [0.1, 0.15) is 5.56 Å². The van der Waals surface area contributed by atoms with Crippen molar-refractivity contribution >= 4 is 41.3 Å². The fourth-order valence-electron chi connectivity index (χ4n) is 1.80. The van der Waals surface area contributed by atoms with Crippen LogP contribution in [0.3, 0.4) is 0 Å². The number of rotatable bonds is 8. The van der Waals surface area contributed by atoms with Crippen molar-refractivity contribution in [3.8, 4) is 11.5 Å². The minimum atomic E-state index is -0.467. The molecule has 0 unspecified atom stereocenters. The monoisotopic (exact) mass is 410 g/mol. The summed E-state index contributed by atoms with van der Waals surface area (Å²) in [5.74, 6) is -0.0571. The van der Waals surface area contributed by atoms with Gasteiger partial charge >= 0.3 is 5.97 Å². The molecule has 2 aromatic carbocycles. The lowest BCUT2D eigenvalue weighted by Crippen LogP contribution is -2.24. The summed E-state index contributed by atoms with van der Waals surface area (Å²) in [4.78, 5) is 22.7. The molecule has 1 N–H and O–H groups in total. The quantitative estimate of drug-likeness (QED) is 0.410. The average Bonchev–Trinajstić information content (AvgIpc) is 2.66. The highest BCUT2D eigenvalue weighted by Gasteiger charge is 2.06. The number of carbonyl (C=O) groups is 2. The Bertz CT molecular complexity index is 825. The number of hydrazone groups is 1. The third-order valence-electron chi connectivity index (χ3n) is 3.12. The molecule has 0 aliphatic carbocycles. The highest BCUT2D eigenvalue weighted by molar-refractivity contribution is 6.35. The maximum Gasteiger partial charge on any atom is 0.343 e. The van der Waals surface area contributed by atoms with E-state index in [0.717, 1.165) is 5.56 Å². The van der Waals surface area contributed by atoms with Crippen molar-refractivity contribution in [1.82, 2.24) is 5.43 Å². The lowest BCUT2D eigenvalue weighted by molar-refractivity contribution is -0.142. The first-order valence-electron chi connectivity index (χ1n) is 7.67. The predicted octanol–water partition coefficient (Wildman–Crippen LogP) is 3.07. The fraction of sp³-hybridized carbons (Fsp3) is 0.167. The highest BCUT2D eigenvalue weighted by atomic mass is 35.5. The zero-order chi connectivity index (χ0) is 19.6. The van der Waals surface area contributed by atoms with Crippen LogP contribution in [0.5, 0.6) is 11.5 Å². The molecule has 7 nitrogen and oxygen atoms in total. The van der Waals surface area contributed by atoms with Gasteiger partial charge in [-0.15, -0.1) is 0 Å². The molecule has 2 rings (SSSR count). The van der Waals surface area contributed by atoms with Gasteiger partial charge in [-0.2, -0.15) is 5.10 Å². The molecule has 9 heteroatoms. The Hall–Kier alpha value is -2.77. The van der Waals surface area contributed by atoms with Crippen LogP contribution in [0.2, 0.25) is 10.0 Å². The summed E-state index contributed by atoms with van der Waals surface area (Å²) in [7, 11) is 1.29. The Morgan fingerprint density at radius 2 is 1.81 bits per heavy atom. The van der Waals surface area contributed by atoms with Crippen LogP contribution in [0, 0.1) is 0 Å². The first-order chi connectivity index (χ1) is 13.0. The molecule has 0 saturated carbocycles. The number of esters is 1. The van der Waals surface area contributed by atoms with Crippen LogP contribution in [0.25, 0.3) is 0 Å². The van der Waals surface area contributed by atoms with Gasteiger partial charge < -0.3 is 14.2 Å². The van der Waals surface area contributed by atoms with Crippen molar-refractivity contribution < 1.29 is 23.8 Å². The molecule has 0 fully saturated rings. The topological polar surface area (TPSA) is 86.2 Å². The van der Waals surface area contributed by atoms with Crippen molar-refractivity contribution in [2.75, 3.05) is 20.3 Å². The smallest absolute Gasteiger partial charge is 0.343 e. The minimum absolute atomic E-state index is 0.169. The maximum atomic E-state index is 11.7. The lowest BCUT2D eigenvalue weighted by Gasteiger charge is -2.07. The largest absolute Gasteiger partial charge is 0.482 e. The van der Waals surface area contributed by atoms with Crippen molar-refractivity contribution in [3.63, 3.8) is 0 Å². The summed E-state index contributed by atoms with van der Waals surface area (Å²) in [6.45, 7) is -0.420. The van der Waals surface area contributed by atoms with Gasteiger partial charge in [0.05, 0.1) is 18.3 Å². The zero-order valence-electron chi connectivity index (χ0n) is 14.3. The first kappa shape index (κ1) is 20.5. The molecule has 2 aromatic rings. The van der Waals surface area contributed by atoms with E-state index in [4.69, 9.17) is 32.7 Å². The van der Waals surface area contributed by atoms with Crippen molar-refractivity contribution in [2.24, 2.45) is 5.10 Å². The summed E-state index contributed by atoms with van der Waals surface area (Å²) in [6, 6.07) is 11.5. The van der Waals surface area contributed by atoms with E-state index in [1.54, 1.807) is 36.4 Å².